The van der Waals surface area contributed by atoms with Crippen molar-refractivity contribution in [3.05, 3.63) is 0 Å². The van der Waals surface area contributed by atoms with Crippen LogP contribution in [0, 0.1) is 5.92 Å². The summed E-state index contributed by atoms with van der Waals surface area (Å²) >= 11 is 0. The molecule has 2 unspecified atom stereocenters. The van der Waals surface area contributed by atoms with E-state index < -0.39 is 0 Å². The van der Waals surface area contributed by atoms with Crippen molar-refractivity contribution in [1.82, 2.24) is 0 Å². The van der Waals surface area contributed by atoms with Gasteiger partial charge in [-0.25, -0.2) is 4.99 Å². The molecule has 3 heteroatoms. The summed E-state index contributed by atoms with van der Waals surface area (Å²) in [6.07, 6.45) is 0.441. The van der Waals surface area contributed by atoms with Crippen LogP contribution in [0.5, 0.6) is 0 Å². The maximum Gasteiger partial charge on any atom is 0.184 e. The van der Waals surface area contributed by atoms with Crippen LogP contribution in [-0.2, 0) is 4.74 Å². The fraction of sp³-hybridized carbons (Fsp3) is 0.900. The van der Waals surface area contributed by atoms with Crippen LogP contribution in [0.15, 0.2) is 4.99 Å². The van der Waals surface area contributed by atoms with Crippen molar-refractivity contribution < 1.29 is 9.84 Å². The lowest BCUT2D eigenvalue weighted by atomic mass is 10.0. The van der Waals surface area contributed by atoms with Gasteiger partial charge in [0.25, 0.3) is 0 Å². The summed E-state index contributed by atoms with van der Waals surface area (Å²) in [5, 5.41) is 9.30. The highest BCUT2D eigenvalue weighted by Crippen LogP contribution is 2.21. The first-order valence-corrected chi connectivity index (χ1v) is 4.80. The van der Waals surface area contributed by atoms with Crippen molar-refractivity contribution in [2.75, 3.05) is 6.61 Å². The number of nitrogens with zero attached hydrogens (tertiary/aromatic N) is 1. The minimum absolute atomic E-state index is 0.0756. The van der Waals surface area contributed by atoms with Gasteiger partial charge < -0.3 is 9.84 Å². The predicted molar refractivity (Wildman–Crippen MR) is 52.9 cm³/mol. The molecule has 0 amide bonds. The van der Waals surface area contributed by atoms with Crippen LogP contribution in [-0.4, -0.2) is 29.3 Å². The molecule has 2 atom stereocenters. The van der Waals surface area contributed by atoms with Gasteiger partial charge in [0.05, 0.1) is 11.6 Å². The summed E-state index contributed by atoms with van der Waals surface area (Å²) < 4.78 is 5.43. The van der Waals surface area contributed by atoms with Gasteiger partial charge in [-0.05, 0) is 26.7 Å². The zero-order chi connectivity index (χ0) is 10.1. The number of ether oxygens (including phenoxy) is 1. The second-order valence-corrected chi connectivity index (χ2v) is 4.53. The van der Waals surface area contributed by atoms with Crippen LogP contribution in [0.4, 0.5) is 0 Å². The van der Waals surface area contributed by atoms with Crippen LogP contribution in [0.2, 0.25) is 0 Å². The third-order valence-corrected chi connectivity index (χ3v) is 2.34. The number of hydrogen-bond donors (Lipinski definition) is 1. The molecule has 0 spiro atoms. The smallest absolute Gasteiger partial charge is 0.184 e. The molecule has 1 rings (SSSR count). The van der Waals surface area contributed by atoms with E-state index in [1.807, 2.05) is 20.8 Å². The van der Waals surface area contributed by atoms with E-state index in [0.717, 1.165) is 12.3 Å². The van der Waals surface area contributed by atoms with E-state index in [2.05, 4.69) is 4.99 Å². The molecule has 1 aliphatic heterocycles. The second kappa shape index (κ2) is 3.66. The Morgan fingerprint density at radius 1 is 1.54 bits per heavy atom. The minimum Gasteiger partial charge on any atom is -0.478 e. The first-order valence-electron chi connectivity index (χ1n) is 4.80. The summed E-state index contributed by atoms with van der Waals surface area (Å²) in [5.74, 6) is 1.01. The third kappa shape index (κ3) is 2.99. The molecule has 3 nitrogen and oxygen atoms in total. The molecule has 76 valence electrons. The molecule has 0 aromatic carbocycles. The first kappa shape index (κ1) is 10.5. The monoisotopic (exact) mass is 185 g/mol. The highest BCUT2D eigenvalue weighted by molar-refractivity contribution is 5.78. The van der Waals surface area contributed by atoms with Crippen LogP contribution >= 0.6 is 0 Å². The van der Waals surface area contributed by atoms with Gasteiger partial charge in [0.15, 0.2) is 5.90 Å². The molecule has 0 aromatic rings. The molecule has 0 radical (unpaired) electrons. The summed E-state index contributed by atoms with van der Waals surface area (Å²) in [6, 6.07) is 0. The van der Waals surface area contributed by atoms with Gasteiger partial charge in [-0.2, -0.15) is 0 Å². The SMILES string of the molecule is CC(O)C(C)CC1=NC(C)(C)CO1. The number of aliphatic hydroxyl groups excluding tert-OH is 1. The average molecular weight is 185 g/mol. The summed E-state index contributed by atoms with van der Waals surface area (Å²) in [5.41, 5.74) is -0.0756. The van der Waals surface area contributed by atoms with E-state index in [0.29, 0.717) is 6.61 Å². The lowest BCUT2D eigenvalue weighted by molar-refractivity contribution is 0.134. The van der Waals surface area contributed by atoms with Crippen molar-refractivity contribution >= 4 is 5.90 Å². The van der Waals surface area contributed by atoms with E-state index in [-0.39, 0.29) is 17.6 Å². The maximum atomic E-state index is 9.30. The van der Waals surface area contributed by atoms with Crippen molar-refractivity contribution in [3.63, 3.8) is 0 Å². The third-order valence-electron chi connectivity index (χ3n) is 2.34. The van der Waals surface area contributed by atoms with Gasteiger partial charge >= 0.3 is 0 Å². The first-order chi connectivity index (χ1) is 5.91. The molecular weight excluding hydrogens is 166 g/mol. The molecule has 1 N–H and O–H groups in total. The van der Waals surface area contributed by atoms with Crippen molar-refractivity contribution in [2.24, 2.45) is 10.9 Å². The minimum atomic E-state index is -0.296. The van der Waals surface area contributed by atoms with Gasteiger partial charge in [-0.1, -0.05) is 6.92 Å². The quantitative estimate of drug-likeness (QED) is 0.725. The maximum absolute atomic E-state index is 9.30. The van der Waals surface area contributed by atoms with Gasteiger partial charge in [-0.15, -0.1) is 0 Å². The van der Waals surface area contributed by atoms with Gasteiger partial charge in [-0.3, -0.25) is 0 Å². The Balaban J connectivity index is 2.48. The summed E-state index contributed by atoms with van der Waals surface area (Å²) in [7, 11) is 0. The molecule has 0 bridgehead atoms. The topological polar surface area (TPSA) is 41.8 Å². The van der Waals surface area contributed by atoms with Gasteiger partial charge in [0.1, 0.15) is 6.61 Å². The molecule has 0 aromatic heterocycles. The Labute approximate surface area is 79.8 Å². The standard InChI is InChI=1S/C10H19NO2/c1-7(8(2)12)5-9-11-10(3,4)6-13-9/h7-8,12H,5-6H2,1-4H3. The second-order valence-electron chi connectivity index (χ2n) is 4.53. The molecule has 1 heterocycles. The number of aliphatic hydroxyl groups is 1. The molecule has 0 saturated heterocycles. The molecule has 1 aliphatic rings. The Hall–Kier alpha value is -0.570. The van der Waals surface area contributed by atoms with Crippen molar-refractivity contribution in [1.29, 1.82) is 0 Å². The average Bonchev–Trinajstić information content (AvgIpc) is 2.30. The van der Waals surface area contributed by atoms with Gasteiger partial charge in [0, 0.05) is 6.42 Å². The fourth-order valence-electron chi connectivity index (χ4n) is 1.21. The van der Waals surface area contributed by atoms with Crippen LogP contribution in [0.1, 0.15) is 34.1 Å². The molecule has 0 fully saturated rings. The van der Waals surface area contributed by atoms with Crippen molar-refractivity contribution in [3.8, 4) is 0 Å². The van der Waals surface area contributed by atoms with E-state index in [1.165, 1.54) is 0 Å². The summed E-state index contributed by atoms with van der Waals surface area (Å²) in [4.78, 5) is 4.43. The van der Waals surface area contributed by atoms with E-state index in [1.54, 1.807) is 6.92 Å². The Morgan fingerprint density at radius 2 is 2.15 bits per heavy atom. The normalized spacial score (nSPS) is 24.8. The van der Waals surface area contributed by atoms with E-state index >= 15 is 0 Å². The molecular formula is C10H19NO2. The molecule has 0 aliphatic carbocycles. The highest BCUT2D eigenvalue weighted by Gasteiger charge is 2.27. The fourth-order valence-corrected chi connectivity index (χ4v) is 1.21. The molecule has 13 heavy (non-hydrogen) atoms. The number of hydrogen-bond acceptors (Lipinski definition) is 3. The van der Waals surface area contributed by atoms with Crippen LogP contribution in [0.25, 0.3) is 0 Å². The lowest BCUT2D eigenvalue weighted by Gasteiger charge is -2.13. The number of rotatable bonds is 3. The summed E-state index contributed by atoms with van der Waals surface area (Å²) in [6.45, 7) is 8.56. The van der Waals surface area contributed by atoms with E-state index in [9.17, 15) is 5.11 Å². The van der Waals surface area contributed by atoms with Crippen LogP contribution < -0.4 is 0 Å². The molecule has 0 saturated carbocycles. The Bertz CT molecular complexity index is 209. The van der Waals surface area contributed by atoms with Gasteiger partial charge in [0.2, 0.25) is 0 Å². The van der Waals surface area contributed by atoms with E-state index in [4.69, 9.17) is 4.74 Å². The Kier molecular flexibility index (Phi) is 2.96. The van der Waals surface area contributed by atoms with Crippen LogP contribution in [0.3, 0.4) is 0 Å². The lowest BCUT2D eigenvalue weighted by Crippen LogP contribution is -2.17. The predicted octanol–water partition coefficient (Wildman–Crippen LogP) is 1.60. The highest BCUT2D eigenvalue weighted by atomic mass is 16.5. The van der Waals surface area contributed by atoms with Crippen molar-refractivity contribution in [2.45, 2.75) is 45.8 Å². The largest absolute Gasteiger partial charge is 0.478 e. The zero-order valence-corrected chi connectivity index (χ0v) is 8.87. The zero-order valence-electron chi connectivity index (χ0n) is 8.87. The Morgan fingerprint density at radius 3 is 2.54 bits per heavy atom. The number of aliphatic imine (C=N–C) groups is 1.